The lowest BCUT2D eigenvalue weighted by molar-refractivity contribution is 0.0772. The molecule has 2 aliphatic carbocycles. The first-order valence-corrected chi connectivity index (χ1v) is 11.0. The van der Waals surface area contributed by atoms with Gasteiger partial charge in [-0.15, -0.1) is 0 Å². The van der Waals surface area contributed by atoms with Crippen LogP contribution in [0.15, 0.2) is 24.3 Å². The molecule has 0 aromatic heterocycles. The van der Waals surface area contributed by atoms with Crippen molar-refractivity contribution in [3.8, 4) is 5.75 Å². The zero-order chi connectivity index (χ0) is 18.3. The van der Waals surface area contributed by atoms with Crippen molar-refractivity contribution in [3.05, 3.63) is 29.8 Å². The van der Waals surface area contributed by atoms with Gasteiger partial charge in [-0.2, -0.15) is 0 Å². The first kappa shape index (κ1) is 17.5. The van der Waals surface area contributed by atoms with E-state index in [1.807, 2.05) is 24.3 Å². The molecule has 2 saturated heterocycles. The van der Waals surface area contributed by atoms with Crippen LogP contribution in [-0.2, 0) is 0 Å². The van der Waals surface area contributed by atoms with Crippen molar-refractivity contribution in [2.45, 2.75) is 57.5 Å². The molecule has 0 bridgehead atoms. The minimum atomic E-state index is 0.194. The minimum absolute atomic E-state index is 0.194. The number of nitrogens with zero attached hydrogens (tertiary/aromatic N) is 2. The molecule has 1 aromatic carbocycles. The average Bonchev–Trinajstić information content (AvgIpc) is 3.21. The summed E-state index contributed by atoms with van der Waals surface area (Å²) in [6.45, 7) is 5.56. The SMILES string of the molecule is O=C(c1ccc(OC2CCC2)cc1)N1CCC2(CCN(CC3CCC3)C2)C1. The van der Waals surface area contributed by atoms with E-state index in [0.29, 0.717) is 11.5 Å². The van der Waals surface area contributed by atoms with Crippen LogP contribution >= 0.6 is 0 Å². The van der Waals surface area contributed by atoms with Gasteiger partial charge in [0.15, 0.2) is 0 Å². The van der Waals surface area contributed by atoms with Crippen LogP contribution in [0.4, 0.5) is 0 Å². The fraction of sp³-hybridized carbons (Fsp3) is 0.696. The molecule has 4 heteroatoms. The van der Waals surface area contributed by atoms with Crippen LogP contribution in [0, 0.1) is 11.3 Å². The van der Waals surface area contributed by atoms with Crippen LogP contribution in [-0.4, -0.2) is 54.5 Å². The number of carbonyl (C=O) groups is 1. The van der Waals surface area contributed by atoms with E-state index in [0.717, 1.165) is 43.2 Å². The Morgan fingerprint density at radius 2 is 1.74 bits per heavy atom. The first-order valence-electron chi connectivity index (χ1n) is 11.0. The van der Waals surface area contributed by atoms with E-state index in [-0.39, 0.29) is 5.91 Å². The van der Waals surface area contributed by atoms with E-state index in [1.165, 1.54) is 58.2 Å². The van der Waals surface area contributed by atoms with Crippen molar-refractivity contribution in [2.75, 3.05) is 32.7 Å². The Balaban J connectivity index is 1.16. The van der Waals surface area contributed by atoms with E-state index in [1.54, 1.807) is 0 Å². The van der Waals surface area contributed by atoms with Gasteiger partial charge in [0.05, 0.1) is 6.10 Å². The second-order valence-corrected chi connectivity index (χ2v) is 9.45. The van der Waals surface area contributed by atoms with Gasteiger partial charge in [0.2, 0.25) is 0 Å². The van der Waals surface area contributed by atoms with E-state index >= 15 is 0 Å². The third-order valence-corrected chi connectivity index (χ3v) is 7.44. The largest absolute Gasteiger partial charge is 0.490 e. The molecule has 4 aliphatic rings. The maximum Gasteiger partial charge on any atom is 0.253 e. The average molecular weight is 369 g/mol. The molecule has 4 fully saturated rings. The lowest BCUT2D eigenvalue weighted by atomic mass is 9.84. The Morgan fingerprint density at radius 1 is 1.00 bits per heavy atom. The number of likely N-dealkylation sites (tertiary alicyclic amines) is 2. The molecule has 0 N–H and O–H groups in total. The molecule has 0 radical (unpaired) electrons. The van der Waals surface area contributed by atoms with Gasteiger partial charge in [-0.1, -0.05) is 6.42 Å². The fourth-order valence-electron chi connectivity index (χ4n) is 5.21. The van der Waals surface area contributed by atoms with Crippen LogP contribution in [0.1, 0.15) is 61.7 Å². The predicted molar refractivity (Wildman–Crippen MR) is 106 cm³/mol. The van der Waals surface area contributed by atoms with Gasteiger partial charge < -0.3 is 14.5 Å². The smallest absolute Gasteiger partial charge is 0.253 e. The van der Waals surface area contributed by atoms with Gasteiger partial charge in [-0.3, -0.25) is 4.79 Å². The van der Waals surface area contributed by atoms with Gasteiger partial charge in [0, 0.05) is 37.2 Å². The summed E-state index contributed by atoms with van der Waals surface area (Å²) in [5.41, 5.74) is 1.16. The Bertz CT molecular complexity index is 680. The highest BCUT2D eigenvalue weighted by Crippen LogP contribution is 2.41. The summed E-state index contributed by atoms with van der Waals surface area (Å²) in [6, 6.07) is 7.82. The molecule has 146 valence electrons. The molecule has 1 aromatic rings. The summed E-state index contributed by atoms with van der Waals surface area (Å²) >= 11 is 0. The van der Waals surface area contributed by atoms with Gasteiger partial charge >= 0.3 is 0 Å². The Kier molecular flexibility index (Phi) is 4.63. The summed E-state index contributed by atoms with van der Waals surface area (Å²) in [4.78, 5) is 17.7. The minimum Gasteiger partial charge on any atom is -0.490 e. The van der Waals surface area contributed by atoms with Crippen LogP contribution < -0.4 is 4.74 Å². The van der Waals surface area contributed by atoms with Gasteiger partial charge in [0.25, 0.3) is 5.91 Å². The quantitative estimate of drug-likeness (QED) is 0.789. The fourth-order valence-corrected chi connectivity index (χ4v) is 5.21. The molecule has 27 heavy (non-hydrogen) atoms. The zero-order valence-electron chi connectivity index (χ0n) is 16.4. The summed E-state index contributed by atoms with van der Waals surface area (Å²) in [6.07, 6.45) is 10.7. The molecule has 2 aliphatic heterocycles. The van der Waals surface area contributed by atoms with Crippen molar-refractivity contribution in [2.24, 2.45) is 11.3 Å². The molecule has 2 saturated carbocycles. The maximum atomic E-state index is 13.0. The van der Waals surface area contributed by atoms with E-state index in [4.69, 9.17) is 4.74 Å². The number of hydrogen-bond donors (Lipinski definition) is 0. The molecule has 4 nitrogen and oxygen atoms in total. The molecule has 1 amide bonds. The standard InChI is InChI=1S/C23H32N2O2/c26-22(19-7-9-21(10-8-19)27-20-5-2-6-20)25-14-12-23(17-25)11-13-24(16-23)15-18-3-1-4-18/h7-10,18,20H,1-6,11-17H2. The van der Waals surface area contributed by atoms with Crippen molar-refractivity contribution >= 4 is 5.91 Å². The number of ether oxygens (including phenoxy) is 1. The molecule has 1 unspecified atom stereocenters. The van der Waals surface area contributed by atoms with Gasteiger partial charge in [0.1, 0.15) is 5.75 Å². The Morgan fingerprint density at radius 3 is 2.41 bits per heavy atom. The Labute approximate surface area is 162 Å². The maximum absolute atomic E-state index is 13.0. The Hall–Kier alpha value is -1.55. The van der Waals surface area contributed by atoms with Crippen molar-refractivity contribution in [1.82, 2.24) is 9.80 Å². The highest BCUT2D eigenvalue weighted by atomic mass is 16.5. The van der Waals surface area contributed by atoms with Gasteiger partial charge in [-0.05, 0) is 81.7 Å². The van der Waals surface area contributed by atoms with Crippen molar-refractivity contribution in [3.63, 3.8) is 0 Å². The zero-order valence-corrected chi connectivity index (χ0v) is 16.4. The summed E-state index contributed by atoms with van der Waals surface area (Å²) in [7, 11) is 0. The van der Waals surface area contributed by atoms with Crippen LogP contribution in [0.5, 0.6) is 5.75 Å². The molecular weight excluding hydrogens is 336 g/mol. The predicted octanol–water partition coefficient (Wildman–Crippen LogP) is 3.96. The number of carbonyl (C=O) groups excluding carboxylic acids is 1. The highest BCUT2D eigenvalue weighted by molar-refractivity contribution is 5.94. The first-order chi connectivity index (χ1) is 13.2. The van der Waals surface area contributed by atoms with E-state index < -0.39 is 0 Å². The lowest BCUT2D eigenvalue weighted by Crippen LogP contribution is -2.36. The third-order valence-electron chi connectivity index (χ3n) is 7.44. The van der Waals surface area contributed by atoms with Gasteiger partial charge in [-0.25, -0.2) is 0 Å². The monoisotopic (exact) mass is 368 g/mol. The summed E-state index contributed by atoms with van der Waals surface area (Å²) in [5, 5.41) is 0. The number of hydrogen-bond acceptors (Lipinski definition) is 3. The third kappa shape index (κ3) is 3.61. The normalized spacial score (nSPS) is 29.1. The summed E-state index contributed by atoms with van der Waals surface area (Å²) in [5.74, 6) is 2.04. The van der Waals surface area contributed by atoms with Crippen molar-refractivity contribution in [1.29, 1.82) is 0 Å². The highest BCUT2D eigenvalue weighted by Gasteiger charge is 2.45. The summed E-state index contributed by atoms with van der Waals surface area (Å²) < 4.78 is 5.91. The van der Waals surface area contributed by atoms with E-state index in [2.05, 4.69) is 9.80 Å². The topological polar surface area (TPSA) is 32.8 Å². The van der Waals surface area contributed by atoms with Crippen LogP contribution in [0.3, 0.4) is 0 Å². The molecule has 2 heterocycles. The number of rotatable bonds is 5. The second-order valence-electron chi connectivity index (χ2n) is 9.45. The lowest BCUT2D eigenvalue weighted by Gasteiger charge is -2.31. The van der Waals surface area contributed by atoms with E-state index in [9.17, 15) is 4.79 Å². The number of benzene rings is 1. The molecule has 1 spiro atoms. The van der Waals surface area contributed by atoms with Crippen LogP contribution in [0.2, 0.25) is 0 Å². The van der Waals surface area contributed by atoms with Crippen LogP contribution in [0.25, 0.3) is 0 Å². The second kappa shape index (κ2) is 7.12. The van der Waals surface area contributed by atoms with Crippen molar-refractivity contribution < 1.29 is 9.53 Å². The number of amides is 1. The molecule has 5 rings (SSSR count). The molecule has 1 atom stereocenters. The molecular formula is C23H32N2O2.